The second-order valence-electron chi connectivity index (χ2n) is 11.2. The van der Waals surface area contributed by atoms with E-state index in [0.717, 1.165) is 35.1 Å². The zero-order valence-corrected chi connectivity index (χ0v) is 27.0. The summed E-state index contributed by atoms with van der Waals surface area (Å²) in [6.45, 7) is 0.501. The first-order chi connectivity index (χ1) is 21.7. The summed E-state index contributed by atoms with van der Waals surface area (Å²) in [4.78, 5) is 29.7. The van der Waals surface area contributed by atoms with E-state index in [0.29, 0.717) is 22.9 Å². The largest absolute Gasteiger partial charge is 0.350 e. The van der Waals surface area contributed by atoms with Gasteiger partial charge in [-0.15, -0.1) is 0 Å². The fourth-order valence-electron chi connectivity index (χ4n) is 4.97. The Morgan fingerprint density at radius 2 is 1.33 bits per heavy atom. The number of halogens is 2. The second kappa shape index (κ2) is 15.1. The Labute approximate surface area is 274 Å². The summed E-state index contributed by atoms with van der Waals surface area (Å²) < 4.78 is 27.8. The maximum atomic E-state index is 14.0. The minimum atomic E-state index is -3.56. The number of carbonyl (C=O) groups excluding carboxylic acids is 2. The van der Waals surface area contributed by atoms with E-state index in [-0.39, 0.29) is 42.3 Å². The normalized spacial score (nSPS) is 13.6. The van der Waals surface area contributed by atoms with Gasteiger partial charge in [0.1, 0.15) is 6.04 Å². The van der Waals surface area contributed by atoms with E-state index >= 15 is 0 Å². The number of aryl methyl sites for hydroxylation is 1. The van der Waals surface area contributed by atoms with Gasteiger partial charge < -0.3 is 10.2 Å². The van der Waals surface area contributed by atoms with Crippen molar-refractivity contribution in [2.45, 2.75) is 62.2 Å². The summed E-state index contributed by atoms with van der Waals surface area (Å²) in [5, 5.41) is 4.21. The fraction of sp³-hybridized carbons (Fsp3) is 0.257. The molecule has 1 atom stereocenters. The first kappa shape index (κ1) is 32.7. The van der Waals surface area contributed by atoms with Crippen molar-refractivity contribution in [3.05, 3.63) is 135 Å². The lowest BCUT2D eigenvalue weighted by Gasteiger charge is -2.32. The molecule has 7 nitrogen and oxygen atoms in total. The summed E-state index contributed by atoms with van der Waals surface area (Å²) in [5.74, 6) is -0.464. The van der Waals surface area contributed by atoms with Crippen molar-refractivity contribution in [3.63, 3.8) is 0 Å². The minimum Gasteiger partial charge on any atom is -0.350 e. The fourth-order valence-corrected chi connectivity index (χ4v) is 6.53. The monoisotopic (exact) mass is 663 g/mol. The molecule has 4 aromatic rings. The summed E-state index contributed by atoms with van der Waals surface area (Å²) in [7, 11) is -3.56. The average Bonchev–Trinajstić information content (AvgIpc) is 3.86. The maximum Gasteiger partial charge on any atom is 0.243 e. The van der Waals surface area contributed by atoms with Crippen LogP contribution in [0.3, 0.4) is 0 Å². The summed E-state index contributed by atoms with van der Waals surface area (Å²) in [6.07, 6.45) is 2.56. The van der Waals surface area contributed by atoms with E-state index in [1.807, 2.05) is 54.6 Å². The molecule has 45 heavy (non-hydrogen) atoms. The van der Waals surface area contributed by atoms with Gasteiger partial charge in [0.05, 0.1) is 4.90 Å². The molecular formula is C35H35Cl2N3O4S. The van der Waals surface area contributed by atoms with Gasteiger partial charge in [0.2, 0.25) is 21.8 Å². The van der Waals surface area contributed by atoms with Gasteiger partial charge in [-0.3, -0.25) is 9.59 Å². The van der Waals surface area contributed by atoms with E-state index < -0.39 is 16.1 Å². The highest BCUT2D eigenvalue weighted by atomic mass is 35.5. The van der Waals surface area contributed by atoms with Gasteiger partial charge in [-0.2, -0.15) is 0 Å². The number of hydrogen-bond acceptors (Lipinski definition) is 4. The average molecular weight is 665 g/mol. The molecule has 1 fully saturated rings. The van der Waals surface area contributed by atoms with Gasteiger partial charge in [0.15, 0.2) is 0 Å². The molecule has 0 aromatic heterocycles. The highest BCUT2D eigenvalue weighted by molar-refractivity contribution is 7.89. The topological polar surface area (TPSA) is 95.6 Å². The molecule has 0 spiro atoms. The number of nitrogens with one attached hydrogen (secondary N) is 2. The molecule has 10 heteroatoms. The predicted molar refractivity (Wildman–Crippen MR) is 177 cm³/mol. The van der Waals surface area contributed by atoms with Gasteiger partial charge in [0, 0.05) is 42.0 Å². The third-order valence-corrected chi connectivity index (χ3v) is 9.72. The molecule has 1 aliphatic rings. The van der Waals surface area contributed by atoms with Crippen LogP contribution >= 0.6 is 23.2 Å². The number of carbonyl (C=O) groups is 2. The Morgan fingerprint density at radius 3 is 1.93 bits per heavy atom. The molecule has 0 unspecified atom stereocenters. The zero-order chi connectivity index (χ0) is 31.8. The van der Waals surface area contributed by atoms with Crippen LogP contribution in [0.5, 0.6) is 0 Å². The Kier molecular flexibility index (Phi) is 10.9. The van der Waals surface area contributed by atoms with Crippen molar-refractivity contribution < 1.29 is 18.0 Å². The van der Waals surface area contributed by atoms with Crippen molar-refractivity contribution in [2.75, 3.05) is 0 Å². The van der Waals surface area contributed by atoms with Gasteiger partial charge in [-0.25, -0.2) is 13.1 Å². The van der Waals surface area contributed by atoms with Crippen LogP contribution < -0.4 is 10.0 Å². The van der Waals surface area contributed by atoms with E-state index in [2.05, 4.69) is 10.0 Å². The number of nitrogens with zero attached hydrogens (tertiary/aromatic N) is 1. The molecule has 0 bridgehead atoms. The summed E-state index contributed by atoms with van der Waals surface area (Å²) >= 11 is 12.2. The SMILES string of the molecule is O=C(NCc1ccc(Cl)cc1)[C@H](Cc1ccccc1)N(Cc1ccc(Cl)cc1)C(=O)CCc1ccc(S(=O)(=O)NC2CC2)cc1. The van der Waals surface area contributed by atoms with Gasteiger partial charge in [0.25, 0.3) is 0 Å². The van der Waals surface area contributed by atoms with Crippen LogP contribution in [-0.2, 0) is 45.5 Å². The van der Waals surface area contributed by atoms with E-state index in [9.17, 15) is 18.0 Å². The Bertz CT molecular complexity index is 1700. The molecule has 1 aliphatic carbocycles. The first-order valence-electron chi connectivity index (χ1n) is 14.9. The molecular weight excluding hydrogens is 629 g/mol. The number of hydrogen-bond donors (Lipinski definition) is 2. The molecule has 2 amide bonds. The lowest BCUT2D eigenvalue weighted by atomic mass is 10.0. The van der Waals surface area contributed by atoms with Crippen molar-refractivity contribution in [1.82, 2.24) is 14.9 Å². The molecule has 0 saturated heterocycles. The minimum absolute atomic E-state index is 0.0196. The first-order valence-corrected chi connectivity index (χ1v) is 17.1. The molecule has 234 valence electrons. The van der Waals surface area contributed by atoms with Gasteiger partial charge >= 0.3 is 0 Å². The lowest BCUT2D eigenvalue weighted by Crippen LogP contribution is -2.50. The van der Waals surface area contributed by atoms with Crippen molar-refractivity contribution in [2.24, 2.45) is 0 Å². The van der Waals surface area contributed by atoms with Crippen LogP contribution in [-0.4, -0.2) is 37.2 Å². The standard InChI is InChI=1S/C35H35Cl2N3O4S/c36-29-13-6-27(7-14-29)23-38-35(42)33(22-26-4-2-1-3-5-26)40(24-28-8-15-30(37)16-9-28)34(41)21-12-25-10-19-32(20-11-25)45(43,44)39-31-17-18-31/h1-11,13-16,19-20,31,33,39H,12,17-18,21-24H2,(H,38,42)/t33-/m0/s1. The maximum absolute atomic E-state index is 14.0. The number of amides is 2. The molecule has 2 N–H and O–H groups in total. The van der Waals surface area contributed by atoms with Gasteiger partial charge in [-0.1, -0.05) is 89.9 Å². The number of benzene rings is 4. The van der Waals surface area contributed by atoms with E-state index in [1.165, 1.54) is 0 Å². The number of rotatable bonds is 14. The molecule has 1 saturated carbocycles. The smallest absolute Gasteiger partial charge is 0.243 e. The van der Waals surface area contributed by atoms with E-state index in [1.54, 1.807) is 53.4 Å². The van der Waals surface area contributed by atoms with Crippen LogP contribution in [0.1, 0.15) is 41.5 Å². The molecule has 5 rings (SSSR count). The van der Waals surface area contributed by atoms with Crippen LogP contribution in [0, 0.1) is 0 Å². The second-order valence-corrected chi connectivity index (χ2v) is 13.8. The summed E-state index contributed by atoms with van der Waals surface area (Å²) in [6, 6.07) is 29.9. The zero-order valence-electron chi connectivity index (χ0n) is 24.7. The Balaban J connectivity index is 1.36. The van der Waals surface area contributed by atoms with Crippen molar-refractivity contribution >= 4 is 45.0 Å². The highest BCUT2D eigenvalue weighted by Gasteiger charge is 2.31. The number of sulfonamides is 1. The van der Waals surface area contributed by atoms with Crippen LogP contribution in [0.25, 0.3) is 0 Å². The molecule has 4 aromatic carbocycles. The van der Waals surface area contributed by atoms with E-state index in [4.69, 9.17) is 23.2 Å². The van der Waals surface area contributed by atoms with Crippen molar-refractivity contribution in [3.8, 4) is 0 Å². The molecule has 0 radical (unpaired) electrons. The lowest BCUT2D eigenvalue weighted by molar-refractivity contribution is -0.141. The third-order valence-electron chi connectivity index (χ3n) is 7.68. The van der Waals surface area contributed by atoms with Crippen LogP contribution in [0.2, 0.25) is 10.0 Å². The molecule has 0 heterocycles. The van der Waals surface area contributed by atoms with Crippen molar-refractivity contribution in [1.29, 1.82) is 0 Å². The highest BCUT2D eigenvalue weighted by Crippen LogP contribution is 2.23. The third kappa shape index (κ3) is 9.65. The predicted octanol–water partition coefficient (Wildman–Crippen LogP) is 6.32. The van der Waals surface area contributed by atoms with Crippen LogP contribution in [0.4, 0.5) is 0 Å². The van der Waals surface area contributed by atoms with Gasteiger partial charge in [-0.05, 0) is 77.9 Å². The van der Waals surface area contributed by atoms with Crippen LogP contribution in [0.15, 0.2) is 108 Å². The Hall–Kier alpha value is -3.69. The Morgan fingerprint density at radius 1 is 0.756 bits per heavy atom. The quantitative estimate of drug-likeness (QED) is 0.165. The molecule has 0 aliphatic heterocycles. The summed E-state index contributed by atoms with van der Waals surface area (Å²) in [5.41, 5.74) is 3.48.